The first-order valence-electron chi connectivity index (χ1n) is 6.34. The number of aliphatic carboxylic acids is 1. The Morgan fingerprint density at radius 2 is 2.26 bits per heavy atom. The quantitative estimate of drug-likeness (QED) is 0.895. The highest BCUT2D eigenvalue weighted by Crippen LogP contribution is 2.31. The van der Waals surface area contributed by atoms with Crippen LogP contribution in [0.5, 0.6) is 5.75 Å². The Balaban J connectivity index is 2.26. The second-order valence-electron chi connectivity index (χ2n) is 4.58. The minimum Gasteiger partial charge on any atom is -0.496 e. The summed E-state index contributed by atoms with van der Waals surface area (Å²) in [6.45, 7) is 3.40. The molecule has 5 nitrogen and oxygen atoms in total. The average molecular weight is 265 g/mol. The molecule has 0 aliphatic carbocycles. The molecule has 1 saturated heterocycles. The molecule has 1 N–H and O–H groups in total. The molecule has 19 heavy (non-hydrogen) atoms. The molecule has 1 heterocycles. The van der Waals surface area contributed by atoms with E-state index in [9.17, 15) is 9.90 Å². The molecule has 1 fully saturated rings. The van der Waals surface area contributed by atoms with Gasteiger partial charge in [-0.05, 0) is 13.0 Å². The lowest BCUT2D eigenvalue weighted by Crippen LogP contribution is -2.50. The van der Waals surface area contributed by atoms with Crippen LogP contribution in [-0.2, 0) is 9.53 Å². The van der Waals surface area contributed by atoms with E-state index in [-0.39, 0.29) is 12.6 Å². The number of para-hydroxylation sites is 1. The third-order valence-corrected chi connectivity index (χ3v) is 3.54. The minimum atomic E-state index is -0.846. The number of carbonyl (C=O) groups is 1. The van der Waals surface area contributed by atoms with E-state index in [4.69, 9.17) is 9.47 Å². The molecule has 104 valence electrons. The lowest BCUT2D eigenvalue weighted by molar-refractivity contribution is -0.151. The Bertz CT molecular complexity index is 449. The maximum Gasteiger partial charge on any atom is 0.323 e. The van der Waals surface area contributed by atoms with Crippen LogP contribution >= 0.6 is 0 Å². The van der Waals surface area contributed by atoms with E-state index in [0.29, 0.717) is 13.2 Å². The van der Waals surface area contributed by atoms with Gasteiger partial charge in [0.2, 0.25) is 0 Å². The largest absolute Gasteiger partial charge is 0.496 e. The van der Waals surface area contributed by atoms with E-state index in [2.05, 4.69) is 0 Å². The van der Waals surface area contributed by atoms with Crippen molar-refractivity contribution in [2.24, 2.45) is 0 Å². The zero-order chi connectivity index (χ0) is 13.8. The summed E-state index contributed by atoms with van der Waals surface area (Å²) < 4.78 is 10.6. The third kappa shape index (κ3) is 2.88. The number of rotatable bonds is 4. The summed E-state index contributed by atoms with van der Waals surface area (Å²) in [6.07, 6.45) is 0. The lowest BCUT2D eigenvalue weighted by atomic mass is 10.0. The Labute approximate surface area is 112 Å². The van der Waals surface area contributed by atoms with Crippen molar-refractivity contribution in [2.45, 2.75) is 19.0 Å². The summed E-state index contributed by atoms with van der Waals surface area (Å²) in [5.74, 6) is -0.0629. The van der Waals surface area contributed by atoms with Crippen LogP contribution in [0.15, 0.2) is 24.3 Å². The van der Waals surface area contributed by atoms with Crippen LogP contribution in [0, 0.1) is 0 Å². The zero-order valence-corrected chi connectivity index (χ0v) is 11.2. The fourth-order valence-corrected chi connectivity index (χ4v) is 2.48. The molecule has 2 rings (SSSR count). The van der Waals surface area contributed by atoms with Crippen molar-refractivity contribution in [1.29, 1.82) is 0 Å². The molecular formula is C14H19NO4. The number of hydrogen-bond donors (Lipinski definition) is 1. The first kappa shape index (κ1) is 13.8. The van der Waals surface area contributed by atoms with E-state index in [0.717, 1.165) is 11.3 Å². The molecule has 0 saturated carbocycles. The minimum absolute atomic E-state index is 0.0267. The van der Waals surface area contributed by atoms with Gasteiger partial charge in [-0.3, -0.25) is 9.69 Å². The highest BCUT2D eigenvalue weighted by Gasteiger charge is 2.33. The Morgan fingerprint density at radius 3 is 2.95 bits per heavy atom. The van der Waals surface area contributed by atoms with Gasteiger partial charge in [-0.15, -0.1) is 0 Å². The first-order chi connectivity index (χ1) is 9.15. The molecule has 1 aliphatic heterocycles. The second-order valence-corrected chi connectivity index (χ2v) is 4.58. The number of benzene rings is 1. The summed E-state index contributed by atoms with van der Waals surface area (Å²) in [6, 6.07) is 7.07. The summed E-state index contributed by atoms with van der Waals surface area (Å²) in [7, 11) is 1.62. The van der Waals surface area contributed by atoms with Gasteiger partial charge >= 0.3 is 5.97 Å². The maximum atomic E-state index is 11.3. The normalized spacial score (nSPS) is 21.9. The summed E-state index contributed by atoms with van der Waals surface area (Å²) in [5, 5.41) is 9.28. The van der Waals surface area contributed by atoms with Gasteiger partial charge in [0.25, 0.3) is 0 Å². The van der Waals surface area contributed by atoms with Crippen molar-refractivity contribution in [3.63, 3.8) is 0 Å². The van der Waals surface area contributed by atoms with E-state index in [1.807, 2.05) is 36.1 Å². The van der Waals surface area contributed by atoms with Crippen molar-refractivity contribution in [1.82, 2.24) is 4.90 Å². The SMILES string of the molecule is COc1ccccc1C(C)N1CCOCC1C(=O)O. The number of hydrogen-bond acceptors (Lipinski definition) is 4. The van der Waals surface area contributed by atoms with Crippen molar-refractivity contribution in [3.05, 3.63) is 29.8 Å². The Morgan fingerprint density at radius 1 is 1.53 bits per heavy atom. The van der Waals surface area contributed by atoms with Gasteiger partial charge in [0.15, 0.2) is 0 Å². The lowest BCUT2D eigenvalue weighted by Gasteiger charge is -2.37. The molecule has 2 unspecified atom stereocenters. The van der Waals surface area contributed by atoms with Crippen LogP contribution < -0.4 is 4.74 Å². The number of nitrogens with zero attached hydrogens (tertiary/aromatic N) is 1. The van der Waals surface area contributed by atoms with Crippen molar-refractivity contribution >= 4 is 5.97 Å². The van der Waals surface area contributed by atoms with Crippen molar-refractivity contribution < 1.29 is 19.4 Å². The number of morpholine rings is 1. The number of carboxylic acid groups (broad SMARTS) is 1. The molecule has 0 amide bonds. The molecular weight excluding hydrogens is 246 g/mol. The summed E-state index contributed by atoms with van der Waals surface area (Å²) in [4.78, 5) is 13.3. The second kappa shape index (κ2) is 6.04. The zero-order valence-electron chi connectivity index (χ0n) is 11.2. The van der Waals surface area contributed by atoms with Crippen LogP contribution in [0.3, 0.4) is 0 Å². The highest BCUT2D eigenvalue weighted by molar-refractivity contribution is 5.73. The molecule has 0 radical (unpaired) electrons. The monoisotopic (exact) mass is 265 g/mol. The van der Waals surface area contributed by atoms with E-state index in [1.54, 1.807) is 7.11 Å². The Kier molecular flexibility index (Phi) is 4.39. The summed E-state index contributed by atoms with van der Waals surface area (Å²) in [5.41, 5.74) is 0.998. The highest BCUT2D eigenvalue weighted by atomic mass is 16.5. The average Bonchev–Trinajstić information content (AvgIpc) is 2.46. The molecule has 2 atom stereocenters. The first-order valence-corrected chi connectivity index (χ1v) is 6.34. The van der Waals surface area contributed by atoms with E-state index < -0.39 is 12.0 Å². The van der Waals surface area contributed by atoms with Gasteiger partial charge in [-0.1, -0.05) is 18.2 Å². The van der Waals surface area contributed by atoms with E-state index in [1.165, 1.54) is 0 Å². The number of carboxylic acids is 1. The predicted molar refractivity (Wildman–Crippen MR) is 70.4 cm³/mol. The molecule has 0 bridgehead atoms. The van der Waals surface area contributed by atoms with Crippen LogP contribution in [0.1, 0.15) is 18.5 Å². The van der Waals surface area contributed by atoms with Crippen molar-refractivity contribution in [2.75, 3.05) is 26.9 Å². The van der Waals surface area contributed by atoms with Gasteiger partial charge in [-0.2, -0.15) is 0 Å². The number of methoxy groups -OCH3 is 1. The van der Waals surface area contributed by atoms with Crippen LogP contribution in [-0.4, -0.2) is 48.9 Å². The predicted octanol–water partition coefficient (Wildman–Crippen LogP) is 1.54. The van der Waals surface area contributed by atoms with E-state index >= 15 is 0 Å². The van der Waals surface area contributed by atoms with Gasteiger partial charge in [0.05, 0.1) is 20.3 Å². The molecule has 5 heteroatoms. The fourth-order valence-electron chi connectivity index (χ4n) is 2.48. The smallest absolute Gasteiger partial charge is 0.323 e. The fraction of sp³-hybridized carbons (Fsp3) is 0.500. The van der Waals surface area contributed by atoms with Crippen molar-refractivity contribution in [3.8, 4) is 5.75 Å². The molecule has 0 aromatic heterocycles. The van der Waals surface area contributed by atoms with Crippen LogP contribution in [0.2, 0.25) is 0 Å². The topological polar surface area (TPSA) is 59.0 Å². The van der Waals surface area contributed by atoms with Gasteiger partial charge in [0, 0.05) is 18.2 Å². The molecule has 1 aromatic carbocycles. The van der Waals surface area contributed by atoms with Gasteiger partial charge in [0.1, 0.15) is 11.8 Å². The molecule has 1 aromatic rings. The standard InChI is InChI=1S/C14H19NO4/c1-10(11-5-3-4-6-13(11)18-2)15-7-8-19-9-12(15)14(16)17/h3-6,10,12H,7-9H2,1-2H3,(H,16,17). The maximum absolute atomic E-state index is 11.3. The van der Waals surface area contributed by atoms with Gasteiger partial charge in [-0.25, -0.2) is 0 Å². The Hall–Kier alpha value is -1.59. The molecule has 1 aliphatic rings. The van der Waals surface area contributed by atoms with Gasteiger partial charge < -0.3 is 14.6 Å². The number of ether oxygens (including phenoxy) is 2. The molecule has 0 spiro atoms. The van der Waals surface area contributed by atoms with Crippen LogP contribution in [0.25, 0.3) is 0 Å². The summed E-state index contributed by atoms with van der Waals surface area (Å²) >= 11 is 0. The third-order valence-electron chi connectivity index (χ3n) is 3.54. The van der Waals surface area contributed by atoms with Crippen LogP contribution in [0.4, 0.5) is 0 Å².